The Morgan fingerprint density at radius 3 is 2.40 bits per heavy atom. The third kappa shape index (κ3) is 3.32. The zero-order valence-electron chi connectivity index (χ0n) is 11.0. The lowest BCUT2D eigenvalue weighted by atomic mass is 10.2. The molecule has 0 aliphatic heterocycles. The fraction of sp³-hybridized carbons (Fsp3) is 0.143. The van der Waals surface area contributed by atoms with Crippen LogP contribution in [0.15, 0.2) is 51.8 Å². The van der Waals surface area contributed by atoms with Crippen LogP contribution in [0.4, 0.5) is 0 Å². The second-order valence-corrected chi connectivity index (χ2v) is 6.53. The number of halogens is 1. The Bertz CT molecular complexity index is 726. The summed E-state index contributed by atoms with van der Waals surface area (Å²) in [5, 5.41) is 0. The topological polar surface area (TPSA) is 52.6 Å². The summed E-state index contributed by atoms with van der Waals surface area (Å²) in [6, 6.07) is 11.2. The van der Waals surface area contributed by atoms with Crippen molar-refractivity contribution in [2.24, 2.45) is 0 Å². The van der Waals surface area contributed by atoms with Gasteiger partial charge in [0, 0.05) is 10.5 Å². The second-order valence-electron chi connectivity index (χ2n) is 4.13. The fourth-order valence-electron chi connectivity index (χ4n) is 1.60. The van der Waals surface area contributed by atoms with E-state index in [9.17, 15) is 8.42 Å². The van der Waals surface area contributed by atoms with Crippen molar-refractivity contribution in [3.8, 4) is 11.5 Å². The maximum atomic E-state index is 12.2. The molecule has 0 heterocycles. The van der Waals surface area contributed by atoms with Crippen LogP contribution in [0.2, 0.25) is 0 Å². The Labute approximate surface area is 126 Å². The van der Waals surface area contributed by atoms with Crippen molar-refractivity contribution in [2.75, 3.05) is 7.11 Å². The van der Waals surface area contributed by atoms with Crippen LogP contribution in [-0.4, -0.2) is 15.5 Å². The molecule has 2 rings (SSSR count). The lowest BCUT2D eigenvalue weighted by Crippen LogP contribution is -2.10. The number of benzene rings is 2. The standard InChI is InChI=1S/C14H13BrO4S/c1-10-8-13(6-7-14(10)15)20(16,17)19-12-5-3-4-11(9-12)18-2/h3-9H,1-2H3. The molecule has 0 bridgehead atoms. The monoisotopic (exact) mass is 356 g/mol. The molecule has 0 spiro atoms. The van der Waals surface area contributed by atoms with Crippen LogP contribution in [0.1, 0.15) is 5.56 Å². The van der Waals surface area contributed by atoms with E-state index < -0.39 is 10.1 Å². The smallest absolute Gasteiger partial charge is 0.339 e. The minimum Gasteiger partial charge on any atom is -0.497 e. The Morgan fingerprint density at radius 1 is 1.05 bits per heavy atom. The van der Waals surface area contributed by atoms with E-state index in [1.54, 1.807) is 30.3 Å². The summed E-state index contributed by atoms with van der Waals surface area (Å²) >= 11 is 3.33. The van der Waals surface area contributed by atoms with Crippen LogP contribution in [0, 0.1) is 6.92 Å². The van der Waals surface area contributed by atoms with E-state index in [4.69, 9.17) is 8.92 Å². The molecule has 0 amide bonds. The molecule has 0 saturated carbocycles. The van der Waals surface area contributed by atoms with Crippen LogP contribution in [0.5, 0.6) is 11.5 Å². The van der Waals surface area contributed by atoms with Crippen molar-refractivity contribution in [3.63, 3.8) is 0 Å². The third-order valence-corrected chi connectivity index (χ3v) is 4.80. The molecule has 6 heteroatoms. The SMILES string of the molecule is COc1cccc(OS(=O)(=O)c2ccc(Br)c(C)c2)c1. The molecule has 0 unspecified atom stereocenters. The van der Waals surface area contributed by atoms with Gasteiger partial charge in [-0.1, -0.05) is 22.0 Å². The molecule has 0 aliphatic rings. The molecule has 0 saturated heterocycles. The summed E-state index contributed by atoms with van der Waals surface area (Å²) in [6.45, 7) is 1.81. The second kappa shape index (κ2) is 5.85. The summed E-state index contributed by atoms with van der Waals surface area (Å²) in [7, 11) is -2.35. The van der Waals surface area contributed by atoms with E-state index in [0.717, 1.165) is 10.0 Å². The summed E-state index contributed by atoms with van der Waals surface area (Å²) < 4.78 is 35.3. The van der Waals surface area contributed by atoms with E-state index in [0.29, 0.717) is 5.75 Å². The van der Waals surface area contributed by atoms with Gasteiger partial charge in [0.15, 0.2) is 0 Å². The zero-order chi connectivity index (χ0) is 14.8. The van der Waals surface area contributed by atoms with E-state index >= 15 is 0 Å². The fourth-order valence-corrected chi connectivity index (χ4v) is 2.86. The largest absolute Gasteiger partial charge is 0.497 e. The predicted molar refractivity (Wildman–Crippen MR) is 79.7 cm³/mol. The number of ether oxygens (including phenoxy) is 1. The molecule has 0 fully saturated rings. The van der Waals surface area contributed by atoms with Crippen LogP contribution in [0.3, 0.4) is 0 Å². The average molecular weight is 357 g/mol. The van der Waals surface area contributed by atoms with Crippen LogP contribution < -0.4 is 8.92 Å². The first-order valence-electron chi connectivity index (χ1n) is 5.77. The Balaban J connectivity index is 2.32. The molecule has 2 aromatic rings. The molecule has 106 valence electrons. The summed E-state index contributed by atoms with van der Waals surface area (Å²) in [5.41, 5.74) is 0.820. The first kappa shape index (κ1) is 14.9. The van der Waals surface area contributed by atoms with Crippen molar-refractivity contribution < 1.29 is 17.3 Å². The molecule has 0 atom stereocenters. The van der Waals surface area contributed by atoms with Gasteiger partial charge in [0.1, 0.15) is 16.4 Å². The van der Waals surface area contributed by atoms with Crippen molar-refractivity contribution in [2.45, 2.75) is 11.8 Å². The summed E-state index contributed by atoms with van der Waals surface area (Å²) in [5.74, 6) is 0.745. The molecule has 0 aliphatic carbocycles. The average Bonchev–Trinajstić information content (AvgIpc) is 2.41. The van der Waals surface area contributed by atoms with Crippen molar-refractivity contribution in [1.82, 2.24) is 0 Å². The lowest BCUT2D eigenvalue weighted by molar-refractivity contribution is 0.411. The lowest BCUT2D eigenvalue weighted by Gasteiger charge is -2.09. The van der Waals surface area contributed by atoms with Gasteiger partial charge in [-0.2, -0.15) is 8.42 Å². The Kier molecular flexibility index (Phi) is 4.35. The number of hydrogen-bond donors (Lipinski definition) is 0. The van der Waals surface area contributed by atoms with Gasteiger partial charge in [-0.25, -0.2) is 0 Å². The quantitative estimate of drug-likeness (QED) is 0.786. The molecule has 20 heavy (non-hydrogen) atoms. The molecule has 0 radical (unpaired) electrons. The van der Waals surface area contributed by atoms with E-state index in [2.05, 4.69) is 15.9 Å². The molecular weight excluding hydrogens is 344 g/mol. The van der Waals surface area contributed by atoms with Crippen molar-refractivity contribution in [3.05, 3.63) is 52.5 Å². The summed E-state index contributed by atoms with van der Waals surface area (Å²) in [4.78, 5) is 0.112. The number of methoxy groups -OCH3 is 1. The minimum absolute atomic E-state index is 0.112. The number of aryl methyl sites for hydroxylation is 1. The van der Waals surface area contributed by atoms with Crippen LogP contribution in [0.25, 0.3) is 0 Å². The first-order chi connectivity index (χ1) is 9.42. The van der Waals surface area contributed by atoms with Gasteiger partial charge >= 0.3 is 10.1 Å². The predicted octanol–water partition coefficient (Wildman–Crippen LogP) is 3.53. The molecule has 4 nitrogen and oxygen atoms in total. The highest BCUT2D eigenvalue weighted by atomic mass is 79.9. The molecular formula is C14H13BrO4S. The van der Waals surface area contributed by atoms with E-state index in [1.807, 2.05) is 6.92 Å². The Hall–Kier alpha value is -1.53. The van der Waals surface area contributed by atoms with E-state index in [-0.39, 0.29) is 10.6 Å². The van der Waals surface area contributed by atoms with E-state index in [1.165, 1.54) is 19.2 Å². The van der Waals surface area contributed by atoms with Gasteiger partial charge in [0.25, 0.3) is 0 Å². The highest BCUT2D eigenvalue weighted by Crippen LogP contribution is 2.25. The van der Waals surface area contributed by atoms with Gasteiger partial charge in [-0.15, -0.1) is 0 Å². The zero-order valence-corrected chi connectivity index (χ0v) is 13.4. The van der Waals surface area contributed by atoms with Crippen molar-refractivity contribution >= 4 is 26.0 Å². The maximum Gasteiger partial charge on any atom is 0.339 e. The number of hydrogen-bond acceptors (Lipinski definition) is 4. The molecule has 2 aromatic carbocycles. The normalized spacial score (nSPS) is 11.2. The highest BCUT2D eigenvalue weighted by molar-refractivity contribution is 9.10. The summed E-state index contributed by atoms with van der Waals surface area (Å²) in [6.07, 6.45) is 0. The van der Waals surface area contributed by atoms with Gasteiger partial charge in [-0.3, -0.25) is 0 Å². The first-order valence-corrected chi connectivity index (χ1v) is 7.97. The number of rotatable bonds is 4. The molecule has 0 N–H and O–H groups in total. The van der Waals surface area contributed by atoms with Crippen molar-refractivity contribution in [1.29, 1.82) is 0 Å². The van der Waals surface area contributed by atoms with Crippen LogP contribution in [-0.2, 0) is 10.1 Å². The third-order valence-electron chi connectivity index (χ3n) is 2.67. The van der Waals surface area contributed by atoms with Crippen LogP contribution >= 0.6 is 15.9 Å². The Morgan fingerprint density at radius 2 is 1.75 bits per heavy atom. The van der Waals surface area contributed by atoms with Gasteiger partial charge in [0.2, 0.25) is 0 Å². The van der Waals surface area contributed by atoms with Gasteiger partial charge in [-0.05, 0) is 42.8 Å². The minimum atomic E-state index is -3.85. The molecule has 0 aromatic heterocycles. The van der Waals surface area contributed by atoms with Gasteiger partial charge in [0.05, 0.1) is 7.11 Å². The van der Waals surface area contributed by atoms with Gasteiger partial charge < -0.3 is 8.92 Å². The maximum absolute atomic E-state index is 12.2. The highest BCUT2D eigenvalue weighted by Gasteiger charge is 2.17.